The SMILES string of the molecule is CCC(C)(C)C(=O)OCCOC1C2CC3CC(C2)C(=O)OC1C3. The van der Waals surface area contributed by atoms with Crippen molar-refractivity contribution in [3.8, 4) is 0 Å². The van der Waals surface area contributed by atoms with Crippen molar-refractivity contribution in [2.45, 2.75) is 65.1 Å². The Morgan fingerprint density at radius 1 is 1.22 bits per heavy atom. The Morgan fingerprint density at radius 2 is 2.00 bits per heavy atom. The first kappa shape index (κ1) is 16.7. The van der Waals surface area contributed by atoms with E-state index in [0.29, 0.717) is 18.4 Å². The van der Waals surface area contributed by atoms with Crippen molar-refractivity contribution in [2.24, 2.45) is 23.2 Å². The first-order chi connectivity index (χ1) is 10.9. The van der Waals surface area contributed by atoms with E-state index in [1.165, 1.54) is 0 Å². The zero-order valence-electron chi connectivity index (χ0n) is 14.4. The zero-order valence-corrected chi connectivity index (χ0v) is 14.4. The Kier molecular flexibility index (Phi) is 4.68. The Bertz CT molecular complexity index is 472. The van der Waals surface area contributed by atoms with Crippen molar-refractivity contribution in [2.75, 3.05) is 13.2 Å². The molecule has 2 heterocycles. The van der Waals surface area contributed by atoms with Crippen LogP contribution in [0, 0.1) is 23.2 Å². The van der Waals surface area contributed by atoms with Crippen LogP contribution in [0.2, 0.25) is 0 Å². The molecule has 5 nitrogen and oxygen atoms in total. The number of carbonyl (C=O) groups is 2. The predicted molar refractivity (Wildman–Crippen MR) is 83.6 cm³/mol. The van der Waals surface area contributed by atoms with E-state index in [0.717, 1.165) is 32.1 Å². The number of hydrogen-bond donors (Lipinski definition) is 0. The van der Waals surface area contributed by atoms with Gasteiger partial charge >= 0.3 is 11.9 Å². The number of esters is 2. The van der Waals surface area contributed by atoms with Crippen molar-refractivity contribution in [3.63, 3.8) is 0 Å². The molecule has 23 heavy (non-hydrogen) atoms. The maximum Gasteiger partial charge on any atom is 0.311 e. The van der Waals surface area contributed by atoms with Crippen LogP contribution in [0.4, 0.5) is 0 Å². The topological polar surface area (TPSA) is 61.8 Å². The number of fused-ring (bicyclic) bond motifs is 1. The van der Waals surface area contributed by atoms with Crippen LogP contribution < -0.4 is 0 Å². The summed E-state index contributed by atoms with van der Waals surface area (Å²) < 4.78 is 16.9. The molecule has 5 unspecified atom stereocenters. The molecule has 0 aromatic rings. The minimum Gasteiger partial charge on any atom is -0.463 e. The molecule has 5 atom stereocenters. The molecule has 2 aliphatic carbocycles. The molecule has 0 N–H and O–H groups in total. The van der Waals surface area contributed by atoms with Gasteiger partial charge in [0.05, 0.1) is 24.0 Å². The Balaban J connectivity index is 1.49. The minimum absolute atomic E-state index is 0.0293. The summed E-state index contributed by atoms with van der Waals surface area (Å²) in [5.74, 6) is 0.868. The number of ether oxygens (including phenoxy) is 3. The van der Waals surface area contributed by atoms with E-state index in [4.69, 9.17) is 14.2 Å². The van der Waals surface area contributed by atoms with Crippen molar-refractivity contribution >= 4 is 11.9 Å². The van der Waals surface area contributed by atoms with Gasteiger partial charge in [-0.25, -0.2) is 0 Å². The third-order valence-corrected chi connectivity index (χ3v) is 5.90. The molecule has 2 saturated carbocycles. The summed E-state index contributed by atoms with van der Waals surface area (Å²) in [7, 11) is 0. The summed E-state index contributed by atoms with van der Waals surface area (Å²) in [5.41, 5.74) is -0.449. The lowest BCUT2D eigenvalue weighted by atomic mass is 9.67. The normalized spacial score (nSPS) is 35.8. The van der Waals surface area contributed by atoms with Crippen molar-refractivity contribution in [3.05, 3.63) is 0 Å². The largest absolute Gasteiger partial charge is 0.463 e. The molecule has 2 aliphatic heterocycles. The summed E-state index contributed by atoms with van der Waals surface area (Å²) in [6, 6.07) is 0. The highest BCUT2D eigenvalue weighted by molar-refractivity contribution is 5.75. The fourth-order valence-corrected chi connectivity index (χ4v) is 4.17. The van der Waals surface area contributed by atoms with E-state index in [9.17, 15) is 9.59 Å². The molecule has 4 bridgehead atoms. The van der Waals surface area contributed by atoms with Crippen LogP contribution in [0.3, 0.4) is 0 Å². The fourth-order valence-electron chi connectivity index (χ4n) is 4.17. The van der Waals surface area contributed by atoms with Crippen molar-refractivity contribution in [1.29, 1.82) is 0 Å². The monoisotopic (exact) mass is 324 g/mol. The fraction of sp³-hybridized carbons (Fsp3) is 0.889. The maximum absolute atomic E-state index is 12.0. The number of hydrogen-bond acceptors (Lipinski definition) is 5. The quantitative estimate of drug-likeness (QED) is 0.555. The summed E-state index contributed by atoms with van der Waals surface area (Å²) in [6.45, 7) is 6.38. The molecule has 5 heteroatoms. The summed E-state index contributed by atoms with van der Waals surface area (Å²) >= 11 is 0. The van der Waals surface area contributed by atoms with E-state index in [-0.39, 0.29) is 36.7 Å². The van der Waals surface area contributed by atoms with Gasteiger partial charge in [0.2, 0.25) is 0 Å². The van der Waals surface area contributed by atoms with Gasteiger partial charge in [-0.3, -0.25) is 9.59 Å². The molecule has 2 saturated heterocycles. The first-order valence-corrected chi connectivity index (χ1v) is 8.90. The lowest BCUT2D eigenvalue weighted by molar-refractivity contribution is -0.164. The molecule has 0 amide bonds. The predicted octanol–water partition coefficient (Wildman–Crippen LogP) is 2.71. The second kappa shape index (κ2) is 6.42. The van der Waals surface area contributed by atoms with Crippen LogP contribution in [-0.2, 0) is 23.8 Å². The molecule has 0 aromatic carbocycles. The van der Waals surface area contributed by atoms with Crippen LogP contribution >= 0.6 is 0 Å². The molecule has 0 radical (unpaired) electrons. The van der Waals surface area contributed by atoms with Crippen molar-refractivity contribution < 1.29 is 23.8 Å². The lowest BCUT2D eigenvalue weighted by Crippen LogP contribution is -2.44. The van der Waals surface area contributed by atoms with Crippen LogP contribution in [0.1, 0.15) is 52.9 Å². The zero-order chi connectivity index (χ0) is 16.6. The molecule has 4 rings (SSSR count). The Hall–Kier alpha value is -1.10. The Morgan fingerprint density at radius 3 is 2.74 bits per heavy atom. The van der Waals surface area contributed by atoms with Gasteiger partial charge in [-0.15, -0.1) is 0 Å². The van der Waals surface area contributed by atoms with Gasteiger partial charge in [0, 0.05) is 0 Å². The van der Waals surface area contributed by atoms with Crippen molar-refractivity contribution in [1.82, 2.24) is 0 Å². The van der Waals surface area contributed by atoms with Gasteiger partial charge in [0.1, 0.15) is 12.7 Å². The third kappa shape index (κ3) is 3.39. The van der Waals surface area contributed by atoms with E-state index in [2.05, 4.69) is 0 Å². The second-order valence-corrected chi connectivity index (χ2v) is 7.95. The van der Waals surface area contributed by atoms with Gasteiger partial charge in [-0.05, 0) is 57.8 Å². The van der Waals surface area contributed by atoms with Gasteiger partial charge in [-0.2, -0.15) is 0 Å². The molecule has 4 aliphatic rings. The smallest absolute Gasteiger partial charge is 0.311 e. The first-order valence-electron chi connectivity index (χ1n) is 8.90. The molecular weight excluding hydrogens is 296 g/mol. The van der Waals surface area contributed by atoms with Crippen LogP contribution in [-0.4, -0.2) is 37.4 Å². The summed E-state index contributed by atoms with van der Waals surface area (Å²) in [6.07, 6.45) is 4.54. The van der Waals surface area contributed by atoms with E-state index in [1.807, 2.05) is 20.8 Å². The summed E-state index contributed by atoms with van der Waals surface area (Å²) in [4.78, 5) is 24.0. The Labute approximate surface area is 138 Å². The van der Waals surface area contributed by atoms with Crippen LogP contribution in [0.5, 0.6) is 0 Å². The van der Waals surface area contributed by atoms with E-state index in [1.54, 1.807) is 0 Å². The number of rotatable bonds is 6. The van der Waals surface area contributed by atoms with Crippen LogP contribution in [0.15, 0.2) is 0 Å². The molecule has 130 valence electrons. The van der Waals surface area contributed by atoms with Gasteiger partial charge < -0.3 is 14.2 Å². The highest BCUT2D eigenvalue weighted by Crippen LogP contribution is 2.48. The molecule has 0 spiro atoms. The molecular formula is C18H28O5. The van der Waals surface area contributed by atoms with Gasteiger partial charge in [0.25, 0.3) is 0 Å². The third-order valence-electron chi connectivity index (χ3n) is 5.90. The average molecular weight is 324 g/mol. The number of carbonyl (C=O) groups excluding carboxylic acids is 2. The second-order valence-electron chi connectivity index (χ2n) is 7.95. The molecule has 0 aromatic heterocycles. The van der Waals surface area contributed by atoms with Crippen LogP contribution in [0.25, 0.3) is 0 Å². The summed E-state index contributed by atoms with van der Waals surface area (Å²) in [5, 5.41) is 0. The highest BCUT2D eigenvalue weighted by atomic mass is 16.6. The standard InChI is InChI=1S/C18H28O5/c1-4-18(2,3)17(20)22-6-5-21-15-12-7-11-8-13(10-12)16(19)23-14(15)9-11/h11-15H,4-10H2,1-3H3. The minimum atomic E-state index is -0.449. The van der Waals surface area contributed by atoms with Gasteiger partial charge in [-0.1, -0.05) is 6.92 Å². The molecule has 4 fully saturated rings. The highest BCUT2D eigenvalue weighted by Gasteiger charge is 2.50. The lowest BCUT2D eigenvalue weighted by Gasteiger charge is -2.41. The maximum atomic E-state index is 12.0. The van der Waals surface area contributed by atoms with Gasteiger partial charge in [0.15, 0.2) is 0 Å². The van der Waals surface area contributed by atoms with E-state index < -0.39 is 5.41 Å². The average Bonchev–Trinajstić information content (AvgIpc) is 2.67. The van der Waals surface area contributed by atoms with E-state index >= 15 is 0 Å².